The van der Waals surface area contributed by atoms with E-state index in [1.807, 2.05) is 54.6 Å². The highest BCUT2D eigenvalue weighted by atomic mass is 31.2. The number of aliphatic carboxylic acids is 1. The van der Waals surface area contributed by atoms with E-state index in [0.29, 0.717) is 6.42 Å². The first-order valence-electron chi connectivity index (χ1n) is 8.28. The standard InChI is InChI=1S/C19H24NO5P/c1-19(2,26(23,24)25)20-17(13-18(21)22)12-14-8-10-16(11-9-14)15-6-4-3-5-7-15/h3-11,17,20H,12-13H2,1-2H3,(H,21,22)(H2,23,24,25). The molecule has 0 aliphatic heterocycles. The van der Waals surface area contributed by atoms with Crippen LogP contribution in [0, 0.1) is 0 Å². The highest BCUT2D eigenvalue weighted by molar-refractivity contribution is 7.53. The maximum atomic E-state index is 11.6. The fraction of sp³-hybridized carbons (Fsp3) is 0.316. The predicted octanol–water partition coefficient (Wildman–Crippen LogP) is 3.24. The van der Waals surface area contributed by atoms with Gasteiger partial charge in [0.25, 0.3) is 0 Å². The van der Waals surface area contributed by atoms with Gasteiger partial charge in [0.05, 0.1) is 6.42 Å². The minimum atomic E-state index is -4.42. The molecule has 0 radical (unpaired) electrons. The van der Waals surface area contributed by atoms with Gasteiger partial charge in [-0.1, -0.05) is 54.6 Å². The second-order valence-corrected chi connectivity index (χ2v) is 9.02. The van der Waals surface area contributed by atoms with Gasteiger partial charge in [-0.05, 0) is 37.0 Å². The van der Waals surface area contributed by atoms with Crippen LogP contribution >= 0.6 is 7.60 Å². The number of rotatable bonds is 8. The van der Waals surface area contributed by atoms with Crippen molar-refractivity contribution in [2.24, 2.45) is 0 Å². The molecule has 0 aromatic heterocycles. The number of carbonyl (C=O) groups is 1. The lowest BCUT2D eigenvalue weighted by molar-refractivity contribution is -0.137. The first kappa shape index (κ1) is 20.3. The van der Waals surface area contributed by atoms with Crippen molar-refractivity contribution in [2.45, 2.75) is 38.0 Å². The highest BCUT2D eigenvalue weighted by Crippen LogP contribution is 2.48. The molecule has 140 valence electrons. The van der Waals surface area contributed by atoms with Crippen LogP contribution in [0.1, 0.15) is 25.8 Å². The minimum Gasteiger partial charge on any atom is -0.481 e. The van der Waals surface area contributed by atoms with E-state index >= 15 is 0 Å². The van der Waals surface area contributed by atoms with E-state index in [9.17, 15) is 19.1 Å². The summed E-state index contributed by atoms with van der Waals surface area (Å²) < 4.78 is 11.6. The van der Waals surface area contributed by atoms with Gasteiger partial charge in [0.2, 0.25) is 0 Å². The Balaban J connectivity index is 2.15. The molecule has 26 heavy (non-hydrogen) atoms. The lowest BCUT2D eigenvalue weighted by atomic mass is 9.99. The van der Waals surface area contributed by atoms with E-state index in [1.165, 1.54) is 13.8 Å². The molecule has 0 aliphatic carbocycles. The molecule has 0 amide bonds. The average Bonchev–Trinajstić information content (AvgIpc) is 2.54. The van der Waals surface area contributed by atoms with Gasteiger partial charge in [-0.15, -0.1) is 0 Å². The summed E-state index contributed by atoms with van der Waals surface area (Å²) in [5.74, 6) is -1.02. The lowest BCUT2D eigenvalue weighted by Gasteiger charge is -2.32. The SMILES string of the molecule is CC(C)(NC(CC(=O)O)Cc1ccc(-c2ccccc2)cc1)P(=O)(O)O. The summed E-state index contributed by atoms with van der Waals surface area (Å²) in [6, 6.07) is 17.0. The normalized spacial score (nSPS) is 13.4. The Morgan fingerprint density at radius 3 is 2.08 bits per heavy atom. The third-order valence-electron chi connectivity index (χ3n) is 4.25. The molecule has 7 heteroatoms. The molecule has 1 atom stereocenters. The minimum absolute atomic E-state index is 0.232. The molecular formula is C19H24NO5P. The number of hydrogen-bond donors (Lipinski definition) is 4. The summed E-state index contributed by atoms with van der Waals surface area (Å²) in [5.41, 5.74) is 3.03. The van der Waals surface area contributed by atoms with Crippen molar-refractivity contribution in [3.05, 3.63) is 60.2 Å². The van der Waals surface area contributed by atoms with Crippen molar-refractivity contribution in [2.75, 3.05) is 0 Å². The van der Waals surface area contributed by atoms with E-state index < -0.39 is 24.9 Å². The molecule has 1 unspecified atom stereocenters. The van der Waals surface area contributed by atoms with Crippen LogP contribution < -0.4 is 5.32 Å². The van der Waals surface area contributed by atoms with Crippen molar-refractivity contribution < 1.29 is 24.3 Å². The van der Waals surface area contributed by atoms with E-state index in [0.717, 1.165) is 16.7 Å². The largest absolute Gasteiger partial charge is 0.481 e. The van der Waals surface area contributed by atoms with Crippen LogP contribution in [-0.2, 0) is 15.8 Å². The highest BCUT2D eigenvalue weighted by Gasteiger charge is 2.39. The van der Waals surface area contributed by atoms with Gasteiger partial charge in [0, 0.05) is 6.04 Å². The van der Waals surface area contributed by atoms with Crippen LogP contribution in [0.15, 0.2) is 54.6 Å². The molecule has 0 saturated heterocycles. The van der Waals surface area contributed by atoms with Crippen LogP contribution in [-0.4, -0.2) is 32.2 Å². The first-order valence-corrected chi connectivity index (χ1v) is 9.89. The zero-order valence-corrected chi connectivity index (χ0v) is 15.7. The topological polar surface area (TPSA) is 107 Å². The van der Waals surface area contributed by atoms with Gasteiger partial charge in [-0.3, -0.25) is 14.7 Å². The molecule has 0 heterocycles. The second-order valence-electron chi connectivity index (χ2n) is 6.81. The average molecular weight is 377 g/mol. The quantitative estimate of drug-likeness (QED) is 0.526. The van der Waals surface area contributed by atoms with Crippen molar-refractivity contribution in [3.8, 4) is 11.1 Å². The zero-order chi connectivity index (χ0) is 19.4. The summed E-state index contributed by atoms with van der Waals surface area (Å²) in [4.78, 5) is 30.1. The summed E-state index contributed by atoms with van der Waals surface area (Å²) >= 11 is 0. The van der Waals surface area contributed by atoms with Crippen molar-refractivity contribution in [1.29, 1.82) is 0 Å². The molecule has 0 spiro atoms. The molecule has 2 aromatic carbocycles. The fourth-order valence-corrected chi connectivity index (χ4v) is 3.07. The van der Waals surface area contributed by atoms with Crippen LogP contribution in [0.25, 0.3) is 11.1 Å². The van der Waals surface area contributed by atoms with Crippen LogP contribution in [0.5, 0.6) is 0 Å². The Morgan fingerprint density at radius 2 is 1.58 bits per heavy atom. The van der Waals surface area contributed by atoms with E-state index in [1.54, 1.807) is 0 Å². The van der Waals surface area contributed by atoms with Crippen molar-refractivity contribution in [1.82, 2.24) is 5.32 Å². The third-order valence-corrected chi connectivity index (χ3v) is 5.84. The summed E-state index contributed by atoms with van der Waals surface area (Å²) in [7, 11) is -4.42. The van der Waals surface area contributed by atoms with E-state index in [4.69, 9.17) is 5.11 Å². The Labute approximate surface area is 153 Å². The number of hydrogen-bond acceptors (Lipinski definition) is 3. The molecular weight excluding hydrogens is 353 g/mol. The monoisotopic (exact) mass is 377 g/mol. The summed E-state index contributed by atoms with van der Waals surface area (Å²) in [5, 5.41) is 10.4. The van der Waals surface area contributed by atoms with E-state index in [-0.39, 0.29) is 6.42 Å². The van der Waals surface area contributed by atoms with Gasteiger partial charge >= 0.3 is 13.6 Å². The Morgan fingerprint density at radius 1 is 1.04 bits per heavy atom. The molecule has 6 nitrogen and oxygen atoms in total. The van der Waals surface area contributed by atoms with Crippen LogP contribution in [0.4, 0.5) is 0 Å². The number of carboxylic acid groups (broad SMARTS) is 1. The molecule has 0 fully saturated rings. The first-order chi connectivity index (χ1) is 12.1. The smallest absolute Gasteiger partial charge is 0.344 e. The van der Waals surface area contributed by atoms with Gasteiger partial charge < -0.3 is 14.9 Å². The molecule has 0 aliphatic rings. The zero-order valence-electron chi connectivity index (χ0n) is 14.8. The van der Waals surface area contributed by atoms with Gasteiger partial charge in [-0.25, -0.2) is 0 Å². The maximum Gasteiger partial charge on any atom is 0.344 e. The molecule has 2 aromatic rings. The maximum absolute atomic E-state index is 11.6. The lowest BCUT2D eigenvalue weighted by Crippen LogP contribution is -2.47. The molecule has 4 N–H and O–H groups in total. The van der Waals surface area contributed by atoms with Gasteiger partial charge in [0.1, 0.15) is 5.28 Å². The van der Waals surface area contributed by atoms with Crippen LogP contribution in [0.2, 0.25) is 0 Å². The molecule has 0 bridgehead atoms. The molecule has 2 rings (SSSR count). The van der Waals surface area contributed by atoms with Gasteiger partial charge in [-0.2, -0.15) is 0 Å². The summed E-state index contributed by atoms with van der Waals surface area (Å²) in [6.07, 6.45) is 0.120. The summed E-state index contributed by atoms with van der Waals surface area (Å²) in [6.45, 7) is 2.75. The van der Waals surface area contributed by atoms with E-state index in [2.05, 4.69) is 5.32 Å². The Hall–Kier alpha value is -1.98. The fourth-order valence-electron chi connectivity index (χ4n) is 2.72. The van der Waals surface area contributed by atoms with Crippen molar-refractivity contribution >= 4 is 13.6 Å². The Kier molecular flexibility index (Phi) is 6.37. The molecule has 0 saturated carbocycles. The third kappa shape index (κ3) is 5.51. The number of benzene rings is 2. The van der Waals surface area contributed by atoms with Crippen LogP contribution in [0.3, 0.4) is 0 Å². The Bertz CT molecular complexity index is 783. The number of carboxylic acids is 1. The second kappa shape index (κ2) is 8.14. The van der Waals surface area contributed by atoms with Gasteiger partial charge in [0.15, 0.2) is 0 Å². The number of nitrogens with one attached hydrogen (secondary N) is 1. The van der Waals surface area contributed by atoms with Crippen molar-refractivity contribution in [3.63, 3.8) is 0 Å². The predicted molar refractivity (Wildman–Crippen MR) is 101 cm³/mol.